The van der Waals surface area contributed by atoms with Crippen LogP contribution in [0.3, 0.4) is 0 Å². The predicted octanol–water partition coefficient (Wildman–Crippen LogP) is 5.97. The molecule has 3 aromatic heterocycles. The highest BCUT2D eigenvalue weighted by Crippen LogP contribution is 1.97. The van der Waals surface area contributed by atoms with Crippen molar-refractivity contribution in [3.8, 4) is 0 Å². The molecule has 190 valence electrons. The molecule has 0 atom stereocenters. The van der Waals surface area contributed by atoms with Crippen LogP contribution in [0.1, 0.15) is 37.1 Å². The quantitative estimate of drug-likeness (QED) is 0.179. The molecule has 3 heterocycles. The Labute approximate surface area is 205 Å². The molecule has 0 unspecified atom stereocenters. The number of aromatic nitrogens is 4. The second kappa shape index (κ2) is 25.0. The maximum absolute atomic E-state index is 11.9. The second-order valence-corrected chi connectivity index (χ2v) is 5.24. The third kappa shape index (κ3) is 22.4. The van der Waals surface area contributed by atoms with Crippen LogP contribution >= 0.6 is 0 Å². The molecule has 8 nitrogen and oxygen atoms in total. The summed E-state index contributed by atoms with van der Waals surface area (Å²) < 4.78 is 11.9. The van der Waals surface area contributed by atoms with Crippen LogP contribution in [0.15, 0.2) is 91.8 Å². The van der Waals surface area contributed by atoms with Gasteiger partial charge in [0.15, 0.2) is 0 Å². The highest BCUT2D eigenvalue weighted by atomic mass is 19.1. The summed E-state index contributed by atoms with van der Waals surface area (Å²) in [5.74, 6) is -0.0401. The first kappa shape index (κ1) is 40.1. The molecule has 34 heavy (non-hydrogen) atoms. The number of benzene rings is 1. The first-order chi connectivity index (χ1) is 14.0. The minimum absolute atomic E-state index is 0. The Morgan fingerprint density at radius 2 is 1.06 bits per heavy atom. The number of anilines is 4. The van der Waals surface area contributed by atoms with Crippen LogP contribution in [-0.2, 0) is 0 Å². The van der Waals surface area contributed by atoms with Gasteiger partial charge in [-0.3, -0.25) is 9.97 Å². The van der Waals surface area contributed by atoms with Crippen molar-refractivity contribution in [3.05, 3.63) is 97.7 Å². The van der Waals surface area contributed by atoms with Crippen molar-refractivity contribution in [3.63, 3.8) is 0 Å². The first-order valence-electron chi connectivity index (χ1n) is 8.32. The van der Waals surface area contributed by atoms with Crippen molar-refractivity contribution >= 4 is 22.9 Å². The van der Waals surface area contributed by atoms with Crippen molar-refractivity contribution in [2.45, 2.75) is 37.1 Å². The number of hydrogen-bond donors (Lipinski definition) is 4. The molecule has 0 spiro atoms. The van der Waals surface area contributed by atoms with Gasteiger partial charge in [-0.2, -0.15) is 4.39 Å². The summed E-state index contributed by atoms with van der Waals surface area (Å²) in [6.07, 6.45) is 9.21. The minimum Gasteiger partial charge on any atom is -0.399 e. The van der Waals surface area contributed by atoms with Crippen LogP contribution in [0.25, 0.3) is 0 Å². The Kier molecular flexibility index (Phi) is 29.5. The summed E-state index contributed by atoms with van der Waals surface area (Å²) in [5, 5.41) is 0. The molecule has 1 aromatic carbocycles. The van der Waals surface area contributed by atoms with Crippen LogP contribution in [0.2, 0.25) is 0 Å². The van der Waals surface area contributed by atoms with Crippen LogP contribution < -0.4 is 22.9 Å². The zero-order valence-electron chi connectivity index (χ0n) is 15.6. The van der Waals surface area contributed by atoms with Gasteiger partial charge in [-0.05, 0) is 36.4 Å². The number of nitrogens with zero attached hydrogens (tertiary/aromatic N) is 4. The molecule has 0 radical (unpaired) electrons. The maximum Gasteiger partial charge on any atom is 0.212 e. The van der Waals surface area contributed by atoms with E-state index in [2.05, 4.69) is 19.9 Å². The molecule has 0 aliphatic carbocycles. The topological polar surface area (TPSA) is 156 Å². The average molecular weight is 475 g/mol. The van der Waals surface area contributed by atoms with E-state index in [1.54, 1.807) is 36.9 Å². The standard InChI is InChI=1S/C6H7N.C5H5FN2.C5H6N2.C4H5N3.5CH4/c7-6-4-2-1-3-5-6;6-5-2-1-4(7)3-8-5;6-5-2-1-3-7-4-5;5-4-3-6-1-2-7-4;;;;;/h1-5H,7H2;1-3H,7H2;1-4H,6H2;1-3H,(H2,5,7);5*1H4. The van der Waals surface area contributed by atoms with Gasteiger partial charge in [-0.1, -0.05) is 55.3 Å². The van der Waals surface area contributed by atoms with Gasteiger partial charge >= 0.3 is 0 Å². The molecule has 9 heteroatoms. The summed E-state index contributed by atoms with van der Waals surface area (Å²) in [4.78, 5) is 14.4. The summed E-state index contributed by atoms with van der Waals surface area (Å²) >= 11 is 0. The number of nitrogen functional groups attached to an aromatic ring is 4. The van der Waals surface area contributed by atoms with Gasteiger partial charge in [0.2, 0.25) is 5.95 Å². The van der Waals surface area contributed by atoms with E-state index in [0.29, 0.717) is 17.2 Å². The Morgan fingerprint density at radius 1 is 0.500 bits per heavy atom. The molecule has 8 N–H and O–H groups in total. The summed E-state index contributed by atoms with van der Waals surface area (Å²) in [7, 11) is 0. The lowest BCUT2D eigenvalue weighted by atomic mass is 10.3. The smallest absolute Gasteiger partial charge is 0.212 e. The van der Waals surface area contributed by atoms with Crippen molar-refractivity contribution < 1.29 is 4.39 Å². The lowest BCUT2D eigenvalue weighted by Crippen LogP contribution is -1.87. The van der Waals surface area contributed by atoms with Crippen molar-refractivity contribution in [2.24, 2.45) is 0 Å². The van der Waals surface area contributed by atoms with Crippen LogP contribution in [0.5, 0.6) is 0 Å². The normalized spacial score (nSPS) is 7.44. The molecule has 0 bridgehead atoms. The van der Waals surface area contributed by atoms with Crippen LogP contribution in [0, 0.1) is 5.95 Å². The van der Waals surface area contributed by atoms with Gasteiger partial charge in [0.05, 0.1) is 23.8 Å². The molecule has 4 rings (SSSR count). The molecule has 0 saturated carbocycles. The lowest BCUT2D eigenvalue weighted by molar-refractivity contribution is 0.584. The van der Waals surface area contributed by atoms with E-state index >= 15 is 0 Å². The number of para-hydroxylation sites is 1. The number of pyridine rings is 2. The molecular weight excluding hydrogens is 431 g/mol. The predicted molar refractivity (Wildman–Crippen MR) is 148 cm³/mol. The fourth-order valence-electron chi connectivity index (χ4n) is 1.53. The van der Waals surface area contributed by atoms with E-state index in [0.717, 1.165) is 5.69 Å². The lowest BCUT2D eigenvalue weighted by Gasteiger charge is -1.86. The average Bonchev–Trinajstić information content (AvgIpc) is 2.73. The third-order valence-electron chi connectivity index (χ3n) is 2.82. The van der Waals surface area contributed by atoms with E-state index < -0.39 is 5.95 Å². The second-order valence-electron chi connectivity index (χ2n) is 5.24. The Balaban J connectivity index is -0.000000105. The molecule has 0 aliphatic rings. The molecule has 4 aromatic rings. The Morgan fingerprint density at radius 3 is 1.32 bits per heavy atom. The van der Waals surface area contributed by atoms with Gasteiger partial charge < -0.3 is 22.9 Å². The number of nitrogens with two attached hydrogens (primary N) is 4. The third-order valence-corrected chi connectivity index (χ3v) is 2.82. The van der Waals surface area contributed by atoms with Crippen molar-refractivity contribution in [1.82, 2.24) is 19.9 Å². The van der Waals surface area contributed by atoms with Crippen LogP contribution in [-0.4, -0.2) is 19.9 Å². The van der Waals surface area contributed by atoms with E-state index in [9.17, 15) is 4.39 Å². The summed E-state index contributed by atoms with van der Waals surface area (Å²) in [6.45, 7) is 0. The Bertz CT molecular complexity index is 784. The summed E-state index contributed by atoms with van der Waals surface area (Å²) in [5.41, 5.74) is 23.0. The van der Waals surface area contributed by atoms with Crippen LogP contribution in [0.4, 0.5) is 27.3 Å². The van der Waals surface area contributed by atoms with Gasteiger partial charge in [-0.25, -0.2) is 9.97 Å². The maximum atomic E-state index is 11.9. The highest BCUT2D eigenvalue weighted by molar-refractivity contribution is 5.36. The number of rotatable bonds is 0. The molecule has 0 saturated heterocycles. The minimum atomic E-state index is -0.501. The van der Waals surface area contributed by atoms with E-state index in [1.165, 1.54) is 24.5 Å². The fourth-order valence-corrected chi connectivity index (χ4v) is 1.53. The SMILES string of the molecule is C.C.C.C.C.Nc1ccc(F)nc1.Nc1ccccc1.Nc1cccnc1.Nc1cnccn1. The van der Waals surface area contributed by atoms with E-state index in [-0.39, 0.29) is 37.1 Å². The number of halogens is 1. The molecule has 0 amide bonds. The van der Waals surface area contributed by atoms with Crippen molar-refractivity contribution in [1.29, 1.82) is 0 Å². The largest absolute Gasteiger partial charge is 0.399 e. The van der Waals surface area contributed by atoms with Gasteiger partial charge in [-0.15, -0.1) is 0 Å². The highest BCUT2D eigenvalue weighted by Gasteiger charge is 1.85. The fraction of sp³-hybridized carbons (Fsp3) is 0.200. The Hall–Kier alpha value is -4.27. The summed E-state index contributed by atoms with van der Waals surface area (Å²) in [6, 6.07) is 15.8. The molecule has 0 aliphatic heterocycles. The molecular formula is C25H43FN8. The zero-order chi connectivity index (χ0) is 21.3. The first-order valence-corrected chi connectivity index (χ1v) is 8.32. The molecule has 0 fully saturated rings. The van der Waals surface area contributed by atoms with Gasteiger partial charge in [0.25, 0.3) is 0 Å². The zero-order valence-corrected chi connectivity index (χ0v) is 15.6. The number of hydrogen-bond acceptors (Lipinski definition) is 8. The van der Waals surface area contributed by atoms with E-state index in [4.69, 9.17) is 22.9 Å². The van der Waals surface area contributed by atoms with E-state index in [1.807, 2.05) is 30.3 Å². The van der Waals surface area contributed by atoms with Crippen molar-refractivity contribution in [2.75, 3.05) is 22.9 Å². The monoisotopic (exact) mass is 474 g/mol. The van der Waals surface area contributed by atoms with Gasteiger partial charge in [0, 0.05) is 30.5 Å². The van der Waals surface area contributed by atoms with Gasteiger partial charge in [0.1, 0.15) is 5.82 Å².